The summed E-state index contributed by atoms with van der Waals surface area (Å²) in [5, 5.41) is 18.0. The molecule has 0 aliphatic carbocycles. The number of benzene rings is 3. The lowest BCUT2D eigenvalue weighted by atomic mass is 9.98. The van der Waals surface area contributed by atoms with E-state index in [-0.39, 0.29) is 17.6 Å². The zero-order valence-electron chi connectivity index (χ0n) is 34.2. The first-order valence-corrected chi connectivity index (χ1v) is 20.7. The number of ether oxygens (including phenoxy) is 2. The molecule has 0 unspecified atom stereocenters. The van der Waals surface area contributed by atoms with Gasteiger partial charge < -0.3 is 28.6 Å². The van der Waals surface area contributed by atoms with Gasteiger partial charge in [-0.05, 0) is 113 Å². The Kier molecular flexibility index (Phi) is 10.9. The number of amides is 1. The van der Waals surface area contributed by atoms with Crippen molar-refractivity contribution in [1.82, 2.24) is 23.8 Å². The van der Waals surface area contributed by atoms with Crippen LogP contribution in [-0.2, 0) is 31.7 Å². The molecule has 5 heterocycles. The van der Waals surface area contributed by atoms with Crippen LogP contribution in [0.2, 0.25) is 10.0 Å². The lowest BCUT2D eigenvalue weighted by Gasteiger charge is -2.35. The summed E-state index contributed by atoms with van der Waals surface area (Å²) >= 11 is 13.6. The highest BCUT2D eigenvalue weighted by atomic mass is 35.5. The summed E-state index contributed by atoms with van der Waals surface area (Å²) in [5.41, 5.74) is 10.7. The lowest BCUT2D eigenvalue weighted by molar-refractivity contribution is 0.0384. The number of aromatic nitrogens is 4. The second-order valence-electron chi connectivity index (χ2n) is 15.9. The first-order chi connectivity index (χ1) is 27.7. The number of anilines is 1. The van der Waals surface area contributed by atoms with Crippen LogP contribution in [-0.4, -0.2) is 86.8 Å². The van der Waals surface area contributed by atoms with Crippen molar-refractivity contribution in [2.75, 3.05) is 50.9 Å². The van der Waals surface area contributed by atoms with Crippen LogP contribution in [0.15, 0.2) is 42.5 Å². The number of halogens is 2. The molecule has 0 bridgehead atoms. The summed E-state index contributed by atoms with van der Waals surface area (Å²) < 4.78 is 17.6. The van der Waals surface area contributed by atoms with Gasteiger partial charge in [-0.1, -0.05) is 29.3 Å². The van der Waals surface area contributed by atoms with E-state index < -0.39 is 5.97 Å². The molecule has 0 radical (unpaired) electrons. The highest BCUT2D eigenvalue weighted by molar-refractivity contribution is 6.35. The zero-order chi connectivity index (χ0) is 41.2. The van der Waals surface area contributed by atoms with E-state index in [2.05, 4.69) is 28.5 Å². The van der Waals surface area contributed by atoms with Crippen molar-refractivity contribution in [3.63, 3.8) is 0 Å². The Morgan fingerprint density at radius 3 is 2.36 bits per heavy atom. The first kappa shape index (κ1) is 40.0. The highest BCUT2D eigenvalue weighted by Gasteiger charge is 2.38. The third-order valence-electron chi connectivity index (χ3n) is 12.1. The summed E-state index contributed by atoms with van der Waals surface area (Å²) in [5.74, 6) is -0.395. The second kappa shape index (κ2) is 15.7. The van der Waals surface area contributed by atoms with Crippen LogP contribution in [0.25, 0.3) is 32.9 Å². The van der Waals surface area contributed by atoms with E-state index in [0.717, 1.165) is 97.9 Å². The quantitative estimate of drug-likeness (QED) is 0.130. The van der Waals surface area contributed by atoms with E-state index in [4.69, 9.17) is 37.8 Å². The number of rotatable bonds is 11. The molecule has 1 saturated heterocycles. The highest BCUT2D eigenvalue weighted by Crippen LogP contribution is 2.46. The standard InChI is InChI=1S/C45H50Cl2N6O5/c1-25-19-32(20-26(2)40(25)47)58-16-8-9-33-34-10-11-35(46)39(38-28(4)48-50(7)29(38)5)42(34)53-27(3)24-52(44(54)43(33)53)36-22-30(12-13-51-14-17-57-18-15-51)21-31-23-37(45(55)56)49(6)41(31)36/h10-11,19-23,27H,8-9,12-18,24H2,1-7H3,(H,55,56)/t27-/m1/s1. The number of aromatic carboxylic acids is 1. The average molecular weight is 826 g/mol. The topological polar surface area (TPSA) is 107 Å². The molecule has 1 fully saturated rings. The van der Waals surface area contributed by atoms with Crippen LogP contribution >= 0.6 is 23.2 Å². The van der Waals surface area contributed by atoms with Gasteiger partial charge >= 0.3 is 5.97 Å². The van der Waals surface area contributed by atoms with Gasteiger partial charge in [-0.25, -0.2) is 4.79 Å². The van der Waals surface area contributed by atoms with Crippen LogP contribution < -0.4 is 9.64 Å². The first-order valence-electron chi connectivity index (χ1n) is 20.0. The van der Waals surface area contributed by atoms with E-state index in [0.29, 0.717) is 61.1 Å². The predicted molar refractivity (Wildman–Crippen MR) is 231 cm³/mol. The SMILES string of the molecule is Cc1cc(OCCCc2c3n(c4c(-c5c(C)nn(C)c5C)c(Cl)ccc24)[C@H](C)CN(c2cc(CCN4CCOCC4)cc4cc(C(=O)O)n(C)c24)C3=O)cc(C)c1Cl. The molecular formula is C45H50Cl2N6O5. The van der Waals surface area contributed by atoms with Crippen molar-refractivity contribution in [2.24, 2.45) is 14.1 Å². The molecule has 3 aromatic carbocycles. The molecule has 3 aromatic heterocycles. The number of carboxylic acid groups (broad SMARTS) is 1. The molecule has 0 saturated carbocycles. The minimum absolute atomic E-state index is 0.138. The molecule has 1 N–H and O–H groups in total. The predicted octanol–water partition coefficient (Wildman–Crippen LogP) is 8.88. The Morgan fingerprint density at radius 2 is 1.69 bits per heavy atom. The van der Waals surface area contributed by atoms with Gasteiger partial charge in [0.1, 0.15) is 17.1 Å². The number of hydrogen-bond donors (Lipinski definition) is 1. The number of morpholine rings is 1. The number of carboxylic acids is 1. The maximum absolute atomic E-state index is 15.5. The molecule has 6 aromatic rings. The third kappa shape index (κ3) is 6.95. The van der Waals surface area contributed by atoms with Crippen LogP contribution in [0.3, 0.4) is 0 Å². The number of nitrogens with zero attached hydrogens (tertiary/aromatic N) is 6. The summed E-state index contributed by atoms with van der Waals surface area (Å²) in [4.78, 5) is 32.2. The van der Waals surface area contributed by atoms with E-state index in [1.807, 2.05) is 68.6 Å². The molecule has 2 aliphatic heterocycles. The van der Waals surface area contributed by atoms with Gasteiger partial charge in [0, 0.05) is 78.9 Å². The van der Waals surface area contributed by atoms with Gasteiger partial charge in [-0.15, -0.1) is 0 Å². The Bertz CT molecular complexity index is 2590. The van der Waals surface area contributed by atoms with Crippen molar-refractivity contribution in [2.45, 2.75) is 59.9 Å². The summed E-state index contributed by atoms with van der Waals surface area (Å²) in [7, 11) is 3.70. The third-order valence-corrected chi connectivity index (χ3v) is 13.0. The summed E-state index contributed by atoms with van der Waals surface area (Å²) in [6.07, 6.45) is 1.98. The Morgan fingerprint density at radius 1 is 0.966 bits per heavy atom. The molecule has 8 rings (SSSR count). The van der Waals surface area contributed by atoms with Crippen LogP contribution in [0.1, 0.15) is 74.0 Å². The molecule has 13 heteroatoms. The fourth-order valence-corrected chi connectivity index (χ4v) is 9.50. The van der Waals surface area contributed by atoms with E-state index in [1.54, 1.807) is 17.7 Å². The maximum Gasteiger partial charge on any atom is 0.352 e. The van der Waals surface area contributed by atoms with Gasteiger partial charge in [-0.3, -0.25) is 14.4 Å². The molecule has 1 atom stereocenters. The van der Waals surface area contributed by atoms with Crippen molar-refractivity contribution in [3.8, 4) is 16.9 Å². The molecular weight excluding hydrogens is 775 g/mol. The van der Waals surface area contributed by atoms with Crippen LogP contribution in [0.5, 0.6) is 5.75 Å². The van der Waals surface area contributed by atoms with Gasteiger partial charge in [0.25, 0.3) is 5.91 Å². The van der Waals surface area contributed by atoms with Gasteiger partial charge in [0.2, 0.25) is 0 Å². The minimum atomic E-state index is -1.02. The van der Waals surface area contributed by atoms with Crippen LogP contribution in [0, 0.1) is 27.7 Å². The number of fused-ring (bicyclic) bond motifs is 4. The smallest absolute Gasteiger partial charge is 0.352 e. The summed E-state index contributed by atoms with van der Waals surface area (Å²) in [6.45, 7) is 14.9. The lowest BCUT2D eigenvalue weighted by Crippen LogP contribution is -2.43. The molecule has 2 aliphatic rings. The number of aryl methyl sites for hydroxylation is 6. The molecule has 304 valence electrons. The number of carbonyl (C=O) groups excluding carboxylic acids is 1. The average Bonchev–Trinajstić information content (AvgIpc) is 3.80. The fraction of sp³-hybridized carbons (Fsp3) is 0.400. The number of carbonyl (C=O) groups is 2. The van der Waals surface area contributed by atoms with E-state index in [9.17, 15) is 9.90 Å². The molecule has 11 nitrogen and oxygen atoms in total. The molecule has 58 heavy (non-hydrogen) atoms. The Labute approximate surface area is 348 Å². The maximum atomic E-state index is 15.5. The summed E-state index contributed by atoms with van der Waals surface area (Å²) in [6, 6.07) is 13.6. The van der Waals surface area contributed by atoms with Crippen molar-refractivity contribution >= 4 is 62.6 Å². The second-order valence-corrected chi connectivity index (χ2v) is 16.7. The Hall–Kier alpha value is -4.81. The monoisotopic (exact) mass is 824 g/mol. The largest absolute Gasteiger partial charge is 0.494 e. The van der Waals surface area contributed by atoms with Gasteiger partial charge in [-0.2, -0.15) is 5.10 Å². The van der Waals surface area contributed by atoms with E-state index >= 15 is 4.79 Å². The zero-order valence-corrected chi connectivity index (χ0v) is 35.7. The fourth-order valence-electron chi connectivity index (χ4n) is 9.15. The molecule has 0 spiro atoms. The molecule has 1 amide bonds. The van der Waals surface area contributed by atoms with Crippen molar-refractivity contribution in [3.05, 3.63) is 97.5 Å². The van der Waals surface area contributed by atoms with Crippen LogP contribution in [0.4, 0.5) is 5.69 Å². The van der Waals surface area contributed by atoms with Gasteiger partial charge in [0.05, 0.1) is 47.3 Å². The minimum Gasteiger partial charge on any atom is -0.494 e. The van der Waals surface area contributed by atoms with Gasteiger partial charge in [0.15, 0.2) is 0 Å². The number of hydrogen-bond acceptors (Lipinski definition) is 6. The Balaban J connectivity index is 1.26. The van der Waals surface area contributed by atoms with Crippen molar-refractivity contribution < 1.29 is 24.2 Å². The normalized spacial score (nSPS) is 16.2. The van der Waals surface area contributed by atoms with E-state index in [1.165, 1.54) is 0 Å². The van der Waals surface area contributed by atoms with Crippen molar-refractivity contribution in [1.29, 1.82) is 0 Å².